The van der Waals surface area contributed by atoms with Crippen LogP contribution in [0.4, 0.5) is 5.69 Å². The van der Waals surface area contributed by atoms with Crippen molar-refractivity contribution in [1.29, 1.82) is 0 Å². The van der Waals surface area contributed by atoms with Gasteiger partial charge < -0.3 is 0 Å². The van der Waals surface area contributed by atoms with E-state index in [2.05, 4.69) is 20.7 Å². The molecule has 3 aromatic carbocycles. The molecule has 0 aliphatic carbocycles. The summed E-state index contributed by atoms with van der Waals surface area (Å²) in [5.74, 6) is -0.471. The Bertz CT molecular complexity index is 1250. The lowest BCUT2D eigenvalue weighted by atomic mass is 10.0. The number of nitrogens with one attached hydrogen (secondary N) is 2. The predicted molar refractivity (Wildman–Crippen MR) is 118 cm³/mol. The number of aromatic amines is 1. The van der Waals surface area contributed by atoms with Crippen molar-refractivity contribution in [3.63, 3.8) is 0 Å². The number of benzene rings is 3. The summed E-state index contributed by atoms with van der Waals surface area (Å²) in [6.45, 7) is 0. The van der Waals surface area contributed by atoms with Crippen LogP contribution in [0.1, 0.15) is 16.1 Å². The van der Waals surface area contributed by atoms with E-state index in [-0.39, 0.29) is 11.4 Å². The molecule has 8 heteroatoms. The first-order valence-corrected chi connectivity index (χ1v) is 9.39. The zero-order valence-corrected chi connectivity index (χ0v) is 16.2. The Balaban J connectivity index is 1.42. The van der Waals surface area contributed by atoms with Crippen LogP contribution in [0.25, 0.3) is 22.4 Å². The zero-order valence-electron chi connectivity index (χ0n) is 16.2. The summed E-state index contributed by atoms with van der Waals surface area (Å²) in [7, 11) is 0. The van der Waals surface area contributed by atoms with Crippen LogP contribution in [-0.2, 0) is 0 Å². The highest BCUT2D eigenvalue weighted by molar-refractivity contribution is 5.94. The summed E-state index contributed by atoms with van der Waals surface area (Å²) in [4.78, 5) is 22.6. The molecule has 0 aliphatic rings. The molecule has 0 radical (unpaired) electrons. The van der Waals surface area contributed by atoms with Crippen molar-refractivity contribution in [3.8, 4) is 22.4 Å². The number of rotatable bonds is 6. The molecule has 4 rings (SSSR count). The fraction of sp³-hybridized carbons (Fsp3) is 0. The molecule has 0 unspecified atom stereocenters. The Hall–Kier alpha value is -4.59. The third-order valence-electron chi connectivity index (χ3n) is 4.57. The van der Waals surface area contributed by atoms with E-state index in [0.29, 0.717) is 11.3 Å². The van der Waals surface area contributed by atoms with Crippen molar-refractivity contribution in [2.24, 2.45) is 5.10 Å². The first-order valence-electron chi connectivity index (χ1n) is 9.39. The monoisotopic (exact) mass is 411 g/mol. The van der Waals surface area contributed by atoms with Crippen molar-refractivity contribution in [2.45, 2.75) is 0 Å². The van der Waals surface area contributed by atoms with Gasteiger partial charge in [0.05, 0.1) is 16.8 Å². The van der Waals surface area contributed by atoms with Crippen LogP contribution in [-0.4, -0.2) is 27.2 Å². The Morgan fingerprint density at radius 2 is 1.65 bits per heavy atom. The standard InChI is InChI=1S/C23H17N5O3/c29-23(27-24-15-16-5-4-8-20(13-16)28(30)31)22-14-21(25-26-22)19-11-9-18(10-12-19)17-6-2-1-3-7-17/h1-15H,(H,25,26)(H,27,29)/b24-15+. The quantitative estimate of drug-likeness (QED) is 0.278. The molecule has 0 fully saturated rings. The minimum absolute atomic E-state index is 0.0493. The Labute approximate surface area is 177 Å². The minimum Gasteiger partial charge on any atom is -0.272 e. The topological polar surface area (TPSA) is 113 Å². The lowest BCUT2D eigenvalue weighted by molar-refractivity contribution is -0.384. The van der Waals surface area contributed by atoms with E-state index in [0.717, 1.165) is 16.7 Å². The second-order valence-electron chi connectivity index (χ2n) is 6.66. The van der Waals surface area contributed by atoms with Crippen LogP contribution in [0.2, 0.25) is 0 Å². The van der Waals surface area contributed by atoms with E-state index in [1.165, 1.54) is 18.3 Å². The Kier molecular flexibility index (Phi) is 5.62. The molecular weight excluding hydrogens is 394 g/mol. The van der Waals surface area contributed by atoms with Gasteiger partial charge in [-0.2, -0.15) is 10.2 Å². The number of non-ortho nitro benzene ring substituents is 1. The molecule has 1 aromatic heterocycles. The maximum absolute atomic E-state index is 12.3. The van der Waals surface area contributed by atoms with Gasteiger partial charge in [-0.3, -0.25) is 20.0 Å². The molecule has 31 heavy (non-hydrogen) atoms. The lowest BCUT2D eigenvalue weighted by Gasteiger charge is -2.02. The van der Waals surface area contributed by atoms with Crippen LogP contribution < -0.4 is 5.43 Å². The predicted octanol–water partition coefficient (Wildman–Crippen LogP) is 4.42. The van der Waals surface area contributed by atoms with E-state index in [1.54, 1.807) is 18.2 Å². The fourth-order valence-corrected chi connectivity index (χ4v) is 2.99. The third-order valence-corrected chi connectivity index (χ3v) is 4.57. The third kappa shape index (κ3) is 4.70. The van der Waals surface area contributed by atoms with E-state index in [4.69, 9.17) is 0 Å². The largest absolute Gasteiger partial charge is 0.289 e. The van der Waals surface area contributed by atoms with Crippen molar-refractivity contribution in [3.05, 3.63) is 106 Å². The van der Waals surface area contributed by atoms with Gasteiger partial charge in [-0.05, 0) is 17.2 Å². The fourth-order valence-electron chi connectivity index (χ4n) is 2.99. The van der Waals surface area contributed by atoms with E-state index in [1.807, 2.05) is 54.6 Å². The van der Waals surface area contributed by atoms with Crippen molar-refractivity contribution in [2.75, 3.05) is 0 Å². The maximum atomic E-state index is 12.3. The van der Waals surface area contributed by atoms with Gasteiger partial charge in [0.2, 0.25) is 0 Å². The molecule has 1 amide bonds. The Morgan fingerprint density at radius 1 is 0.935 bits per heavy atom. The number of hydrogen-bond donors (Lipinski definition) is 2. The summed E-state index contributed by atoms with van der Waals surface area (Å²) in [6.07, 6.45) is 1.34. The first-order chi connectivity index (χ1) is 15.1. The van der Waals surface area contributed by atoms with Gasteiger partial charge in [0.25, 0.3) is 11.6 Å². The second-order valence-corrected chi connectivity index (χ2v) is 6.66. The summed E-state index contributed by atoms with van der Waals surface area (Å²) in [5.41, 5.74) is 6.79. The van der Waals surface area contributed by atoms with Gasteiger partial charge >= 0.3 is 0 Å². The lowest BCUT2D eigenvalue weighted by Crippen LogP contribution is -2.18. The smallest absolute Gasteiger partial charge is 0.272 e. The van der Waals surface area contributed by atoms with Gasteiger partial charge in [0, 0.05) is 23.3 Å². The first kappa shape index (κ1) is 19.7. The summed E-state index contributed by atoms with van der Waals surface area (Å²) >= 11 is 0. The van der Waals surface area contributed by atoms with E-state index >= 15 is 0 Å². The second kappa shape index (κ2) is 8.83. The summed E-state index contributed by atoms with van der Waals surface area (Å²) in [5, 5.41) is 21.6. The molecule has 152 valence electrons. The van der Waals surface area contributed by atoms with Crippen LogP contribution in [0, 0.1) is 10.1 Å². The highest BCUT2D eigenvalue weighted by Gasteiger charge is 2.11. The molecule has 8 nitrogen and oxygen atoms in total. The highest BCUT2D eigenvalue weighted by atomic mass is 16.6. The van der Waals surface area contributed by atoms with Crippen LogP contribution in [0.15, 0.2) is 90.0 Å². The molecule has 2 N–H and O–H groups in total. The Morgan fingerprint density at radius 3 is 2.39 bits per heavy atom. The minimum atomic E-state index is -0.492. The van der Waals surface area contributed by atoms with Gasteiger partial charge in [-0.25, -0.2) is 5.43 Å². The zero-order chi connectivity index (χ0) is 21.6. The van der Waals surface area contributed by atoms with Crippen LogP contribution >= 0.6 is 0 Å². The van der Waals surface area contributed by atoms with Crippen molar-refractivity contribution < 1.29 is 9.72 Å². The number of hydrazone groups is 1. The van der Waals surface area contributed by atoms with Crippen molar-refractivity contribution >= 4 is 17.8 Å². The number of carbonyl (C=O) groups is 1. The molecule has 0 spiro atoms. The molecular formula is C23H17N5O3. The van der Waals surface area contributed by atoms with E-state index in [9.17, 15) is 14.9 Å². The SMILES string of the molecule is O=C(N/N=C/c1cccc([N+](=O)[O-])c1)c1cc(-c2ccc(-c3ccccc3)cc2)n[nH]1. The number of hydrogen-bond acceptors (Lipinski definition) is 5. The number of amides is 1. The molecule has 1 heterocycles. The van der Waals surface area contributed by atoms with Crippen LogP contribution in [0.3, 0.4) is 0 Å². The normalized spacial score (nSPS) is 10.8. The maximum Gasteiger partial charge on any atom is 0.289 e. The van der Waals surface area contributed by atoms with Gasteiger partial charge in [0.1, 0.15) is 5.69 Å². The molecule has 0 saturated heterocycles. The van der Waals surface area contributed by atoms with Crippen LogP contribution in [0.5, 0.6) is 0 Å². The average molecular weight is 411 g/mol. The summed E-state index contributed by atoms with van der Waals surface area (Å²) in [6, 6.07) is 25.5. The number of aromatic nitrogens is 2. The average Bonchev–Trinajstić information content (AvgIpc) is 3.30. The molecule has 0 atom stereocenters. The number of nitrogens with zero attached hydrogens (tertiary/aromatic N) is 3. The molecule has 0 bridgehead atoms. The van der Waals surface area contributed by atoms with Crippen molar-refractivity contribution in [1.82, 2.24) is 15.6 Å². The van der Waals surface area contributed by atoms with Gasteiger partial charge in [0.15, 0.2) is 0 Å². The summed E-state index contributed by atoms with van der Waals surface area (Å²) < 4.78 is 0. The van der Waals surface area contributed by atoms with E-state index < -0.39 is 10.8 Å². The number of H-pyrrole nitrogens is 1. The number of nitro groups is 1. The number of carbonyl (C=O) groups excluding carboxylic acids is 1. The molecule has 0 saturated carbocycles. The molecule has 0 aliphatic heterocycles. The highest BCUT2D eigenvalue weighted by Crippen LogP contribution is 2.24. The van der Waals surface area contributed by atoms with Gasteiger partial charge in [-0.1, -0.05) is 66.7 Å². The van der Waals surface area contributed by atoms with Gasteiger partial charge in [-0.15, -0.1) is 0 Å². The number of nitro benzene ring substituents is 1. The molecule has 4 aromatic rings.